The number of hydrogen-bond donors (Lipinski definition) is 1. The van der Waals surface area contributed by atoms with Crippen molar-refractivity contribution in [1.29, 1.82) is 0 Å². The Bertz CT molecular complexity index is 1300. The second kappa shape index (κ2) is 9.66. The Morgan fingerprint density at radius 1 is 1.11 bits per heavy atom. The van der Waals surface area contributed by atoms with E-state index in [1.165, 1.54) is 12.8 Å². The van der Waals surface area contributed by atoms with Crippen molar-refractivity contribution in [2.45, 2.75) is 84.6 Å². The van der Waals surface area contributed by atoms with Crippen LogP contribution in [-0.2, 0) is 13.0 Å². The maximum atomic E-state index is 13.7. The zero-order valence-electron chi connectivity index (χ0n) is 22.8. The highest BCUT2D eigenvalue weighted by Crippen LogP contribution is 2.52. The minimum atomic E-state index is -0.800. The van der Waals surface area contributed by atoms with E-state index in [1.54, 1.807) is 4.90 Å². The van der Waals surface area contributed by atoms with E-state index in [0.717, 1.165) is 41.6 Å². The van der Waals surface area contributed by atoms with Crippen LogP contribution in [0.15, 0.2) is 10.9 Å². The molecule has 3 heterocycles. The lowest BCUT2D eigenvalue weighted by molar-refractivity contribution is -0.0840. The number of carbonyl (C=O) groups excluding carboxylic acids is 1. The highest BCUT2D eigenvalue weighted by atomic mass is 35.5. The number of hydrogen-bond acceptors (Lipinski definition) is 5. The Hall–Kier alpha value is -2.51. The Labute approximate surface area is 224 Å². The van der Waals surface area contributed by atoms with Gasteiger partial charge >= 0.3 is 0 Å². The summed E-state index contributed by atoms with van der Waals surface area (Å²) < 4.78 is 12.9. The maximum Gasteiger partial charge on any atom is 0.254 e. The van der Waals surface area contributed by atoms with Crippen molar-refractivity contribution in [3.8, 4) is 11.5 Å². The van der Waals surface area contributed by atoms with Gasteiger partial charge in [-0.2, -0.15) is 0 Å². The van der Waals surface area contributed by atoms with Crippen molar-refractivity contribution in [2.24, 2.45) is 5.92 Å². The van der Waals surface area contributed by atoms with Gasteiger partial charge < -0.3 is 24.3 Å². The third kappa shape index (κ3) is 4.76. The highest BCUT2D eigenvalue weighted by molar-refractivity contribution is 6.34. The average molecular weight is 528 g/mol. The predicted molar refractivity (Wildman–Crippen MR) is 145 cm³/mol. The Balaban J connectivity index is 1.38. The Kier molecular flexibility index (Phi) is 6.82. The van der Waals surface area contributed by atoms with Crippen LogP contribution in [0.25, 0.3) is 0 Å². The third-order valence-corrected chi connectivity index (χ3v) is 8.91. The molecule has 37 heavy (non-hydrogen) atoms. The quantitative estimate of drug-likeness (QED) is 0.582. The van der Waals surface area contributed by atoms with Crippen molar-refractivity contribution in [2.75, 3.05) is 20.6 Å². The van der Waals surface area contributed by atoms with E-state index in [1.807, 2.05) is 33.8 Å². The van der Waals surface area contributed by atoms with Crippen LogP contribution in [0.4, 0.5) is 0 Å². The molecule has 1 fully saturated rings. The summed E-state index contributed by atoms with van der Waals surface area (Å²) in [5.41, 5.74) is 4.32. The second-order valence-electron chi connectivity index (χ2n) is 11.6. The first-order valence-electron chi connectivity index (χ1n) is 13.4. The summed E-state index contributed by atoms with van der Waals surface area (Å²) in [5, 5.41) is 0.480. The molecule has 1 unspecified atom stereocenters. The van der Waals surface area contributed by atoms with E-state index in [4.69, 9.17) is 21.1 Å². The summed E-state index contributed by atoms with van der Waals surface area (Å²) in [6, 6.07) is 2.58. The molecule has 2 aliphatic heterocycles. The largest absolute Gasteiger partial charge is 0.448 e. The number of nitrogens with one attached hydrogen (secondary N) is 1. The average Bonchev–Trinajstić information content (AvgIpc) is 3.18. The van der Waals surface area contributed by atoms with Crippen molar-refractivity contribution >= 4 is 17.5 Å². The van der Waals surface area contributed by atoms with Crippen LogP contribution in [0.2, 0.25) is 5.02 Å². The van der Waals surface area contributed by atoms with Gasteiger partial charge in [0.2, 0.25) is 5.79 Å². The predicted octanol–water partition coefficient (Wildman–Crippen LogP) is 5.15. The summed E-state index contributed by atoms with van der Waals surface area (Å²) >= 11 is 6.87. The normalized spacial score (nSPS) is 25.1. The lowest BCUT2D eigenvalue weighted by Gasteiger charge is -2.35. The molecule has 1 aromatic heterocycles. The van der Waals surface area contributed by atoms with Crippen LogP contribution < -0.4 is 15.0 Å². The maximum absolute atomic E-state index is 13.7. The molecule has 0 radical (unpaired) electrons. The van der Waals surface area contributed by atoms with Crippen LogP contribution in [0.1, 0.15) is 77.3 Å². The van der Waals surface area contributed by atoms with E-state index in [-0.39, 0.29) is 18.0 Å². The van der Waals surface area contributed by atoms with Crippen LogP contribution in [0.3, 0.4) is 0 Å². The molecule has 1 atom stereocenters. The number of benzene rings is 1. The first kappa shape index (κ1) is 26.1. The number of aryl methyl sites for hydroxylation is 2. The fourth-order valence-electron chi connectivity index (χ4n) is 6.45. The number of ether oxygens (including phenoxy) is 2. The zero-order valence-corrected chi connectivity index (χ0v) is 23.6. The van der Waals surface area contributed by atoms with Crippen molar-refractivity contribution in [3.63, 3.8) is 0 Å². The van der Waals surface area contributed by atoms with Crippen LogP contribution in [0, 0.1) is 26.7 Å². The zero-order chi connectivity index (χ0) is 26.6. The van der Waals surface area contributed by atoms with Gasteiger partial charge in [0.05, 0.1) is 17.1 Å². The molecule has 200 valence electrons. The lowest BCUT2D eigenvalue weighted by Crippen LogP contribution is -2.39. The standard InChI is InChI=1S/C29H38ClN3O4/c1-16-13-17(2)31-27(34)22(16)15-33-12-11-21-23(28(33)35)18(3)25-26(24(21)30)37-29(4,36-25)14-19-7-9-20(10-8-19)32(5)6/h13,19-20H,7-12,14-15H2,1-6H3,(H,31,34). The van der Waals surface area contributed by atoms with E-state index in [2.05, 4.69) is 24.0 Å². The number of pyridine rings is 1. The molecule has 1 aromatic carbocycles. The van der Waals surface area contributed by atoms with Crippen LogP contribution >= 0.6 is 11.6 Å². The molecule has 0 bridgehead atoms. The number of nitrogens with zero attached hydrogens (tertiary/aromatic N) is 2. The molecule has 2 aromatic rings. The minimum absolute atomic E-state index is 0.123. The van der Waals surface area contributed by atoms with E-state index >= 15 is 0 Å². The number of aromatic nitrogens is 1. The Morgan fingerprint density at radius 2 is 1.78 bits per heavy atom. The topological polar surface area (TPSA) is 74.9 Å². The summed E-state index contributed by atoms with van der Waals surface area (Å²) in [6.45, 7) is 8.42. The molecule has 1 aliphatic carbocycles. The van der Waals surface area contributed by atoms with E-state index < -0.39 is 5.79 Å². The fraction of sp³-hybridized carbons (Fsp3) is 0.586. The van der Waals surface area contributed by atoms with E-state index in [0.29, 0.717) is 52.6 Å². The molecule has 3 aliphatic rings. The number of carbonyl (C=O) groups is 1. The molecule has 8 heteroatoms. The van der Waals surface area contributed by atoms with Gasteiger partial charge in [0.1, 0.15) is 0 Å². The lowest BCUT2D eigenvalue weighted by atomic mass is 9.82. The van der Waals surface area contributed by atoms with Gasteiger partial charge in [-0.1, -0.05) is 11.6 Å². The Morgan fingerprint density at radius 3 is 2.43 bits per heavy atom. The monoisotopic (exact) mass is 527 g/mol. The van der Waals surface area contributed by atoms with Gasteiger partial charge in [-0.25, -0.2) is 0 Å². The van der Waals surface area contributed by atoms with Crippen LogP contribution in [-0.4, -0.2) is 53.2 Å². The first-order chi connectivity index (χ1) is 17.5. The molecule has 7 nitrogen and oxygen atoms in total. The van der Waals surface area contributed by atoms with Gasteiger partial charge in [-0.3, -0.25) is 9.59 Å². The summed E-state index contributed by atoms with van der Waals surface area (Å²) in [7, 11) is 4.31. The number of rotatable bonds is 5. The molecule has 0 saturated heterocycles. The second-order valence-corrected chi connectivity index (χ2v) is 11.9. The number of amides is 1. The van der Waals surface area contributed by atoms with Gasteiger partial charge in [0.15, 0.2) is 11.5 Å². The van der Waals surface area contributed by atoms with Crippen molar-refractivity contribution in [1.82, 2.24) is 14.8 Å². The number of aromatic amines is 1. The molecular weight excluding hydrogens is 490 g/mol. The molecular formula is C29H38ClN3O4. The SMILES string of the molecule is Cc1cc(C)c(CN2CCc3c(Cl)c4c(c(C)c3C2=O)OC(C)(CC2CCC(N(C)C)CC2)O4)c(=O)[nH]1. The first-order valence-corrected chi connectivity index (χ1v) is 13.7. The smallest absolute Gasteiger partial charge is 0.254 e. The number of halogens is 1. The fourth-order valence-corrected chi connectivity index (χ4v) is 6.76. The third-order valence-electron chi connectivity index (χ3n) is 8.51. The van der Waals surface area contributed by atoms with Gasteiger partial charge in [0, 0.05) is 42.8 Å². The van der Waals surface area contributed by atoms with Crippen molar-refractivity contribution in [3.05, 3.63) is 55.0 Å². The summed E-state index contributed by atoms with van der Waals surface area (Å²) in [4.78, 5) is 33.2. The minimum Gasteiger partial charge on any atom is -0.448 e. The molecule has 1 saturated carbocycles. The molecule has 0 spiro atoms. The summed E-state index contributed by atoms with van der Waals surface area (Å²) in [6.07, 6.45) is 6.06. The van der Waals surface area contributed by atoms with Gasteiger partial charge in [-0.05, 0) is 90.1 Å². The molecule has 1 N–H and O–H groups in total. The van der Waals surface area contributed by atoms with Gasteiger partial charge in [0.25, 0.3) is 11.5 Å². The molecule has 1 amide bonds. The van der Waals surface area contributed by atoms with Crippen molar-refractivity contribution < 1.29 is 14.3 Å². The van der Waals surface area contributed by atoms with Crippen LogP contribution in [0.5, 0.6) is 11.5 Å². The highest BCUT2D eigenvalue weighted by Gasteiger charge is 2.44. The molecule has 5 rings (SSSR count). The van der Waals surface area contributed by atoms with E-state index in [9.17, 15) is 9.59 Å². The number of fused-ring (bicyclic) bond motifs is 2. The van der Waals surface area contributed by atoms with Gasteiger partial charge in [-0.15, -0.1) is 0 Å². The summed E-state index contributed by atoms with van der Waals surface area (Å²) in [5.74, 6) is 0.743. The number of H-pyrrole nitrogens is 1.